The van der Waals surface area contributed by atoms with Gasteiger partial charge in [-0.15, -0.1) is 0 Å². The Bertz CT molecular complexity index is 348. The fourth-order valence-electron chi connectivity index (χ4n) is 2.52. The molecule has 0 amide bonds. The molecule has 0 saturated carbocycles. The average molecular weight is 237 g/mol. The summed E-state index contributed by atoms with van der Waals surface area (Å²) >= 11 is 0. The molecule has 17 heavy (non-hydrogen) atoms. The maximum Gasteiger partial charge on any atom is 0.0946 e. The molecule has 5 nitrogen and oxygen atoms in total. The van der Waals surface area contributed by atoms with Crippen LogP contribution in [0.2, 0.25) is 0 Å². The van der Waals surface area contributed by atoms with Crippen LogP contribution in [-0.4, -0.2) is 59.1 Å². The van der Waals surface area contributed by atoms with Gasteiger partial charge in [0, 0.05) is 39.4 Å². The summed E-state index contributed by atoms with van der Waals surface area (Å²) in [6.45, 7) is 5.16. The predicted molar refractivity (Wildman–Crippen MR) is 68.7 cm³/mol. The van der Waals surface area contributed by atoms with Gasteiger partial charge in [-0.05, 0) is 20.0 Å². The Labute approximate surface area is 103 Å². The second-order valence-corrected chi connectivity index (χ2v) is 4.87. The molecule has 0 radical (unpaired) electrons. The highest BCUT2D eigenvalue weighted by molar-refractivity contribution is 5.06. The molecule has 1 aromatic heterocycles. The maximum atomic E-state index is 5.95. The summed E-state index contributed by atoms with van der Waals surface area (Å²) in [6.07, 6.45) is 5.00. The molecule has 2 N–H and O–H groups in total. The second kappa shape index (κ2) is 5.62. The number of aromatic nitrogens is 2. The third-order valence-corrected chi connectivity index (χ3v) is 3.61. The SMILES string of the molecule is CN1CCCN(C(CN)c2cncn2C)CC1. The molecule has 1 fully saturated rings. The Morgan fingerprint density at radius 2 is 2.12 bits per heavy atom. The standard InChI is InChI=1S/C12H23N5/c1-15-4-3-5-17(7-6-15)11(8-13)12-9-14-10-16(12)2/h9-11H,3-8,13H2,1-2H3. The zero-order valence-electron chi connectivity index (χ0n) is 10.8. The summed E-state index contributed by atoms with van der Waals surface area (Å²) in [7, 11) is 4.22. The summed E-state index contributed by atoms with van der Waals surface area (Å²) in [4.78, 5) is 9.07. The van der Waals surface area contributed by atoms with Crippen molar-refractivity contribution in [2.45, 2.75) is 12.5 Å². The van der Waals surface area contributed by atoms with Crippen molar-refractivity contribution in [2.24, 2.45) is 12.8 Å². The van der Waals surface area contributed by atoms with Crippen LogP contribution in [0.1, 0.15) is 18.2 Å². The molecule has 1 saturated heterocycles. The van der Waals surface area contributed by atoms with Crippen molar-refractivity contribution in [2.75, 3.05) is 39.8 Å². The van der Waals surface area contributed by atoms with Crippen molar-refractivity contribution in [3.63, 3.8) is 0 Å². The molecule has 2 rings (SSSR count). The van der Waals surface area contributed by atoms with Crippen LogP contribution in [0.3, 0.4) is 0 Å². The molecule has 5 heteroatoms. The lowest BCUT2D eigenvalue weighted by atomic mass is 10.1. The van der Waals surface area contributed by atoms with Gasteiger partial charge in [-0.3, -0.25) is 4.90 Å². The molecule has 0 spiro atoms. The van der Waals surface area contributed by atoms with Crippen LogP contribution < -0.4 is 5.73 Å². The summed E-state index contributed by atoms with van der Waals surface area (Å²) in [5.41, 5.74) is 7.17. The van der Waals surface area contributed by atoms with Gasteiger partial charge >= 0.3 is 0 Å². The zero-order valence-corrected chi connectivity index (χ0v) is 10.8. The molecule has 1 aliphatic heterocycles. The van der Waals surface area contributed by atoms with E-state index in [-0.39, 0.29) is 0 Å². The van der Waals surface area contributed by atoms with Crippen molar-refractivity contribution >= 4 is 0 Å². The van der Waals surface area contributed by atoms with Crippen molar-refractivity contribution < 1.29 is 0 Å². The van der Waals surface area contributed by atoms with E-state index < -0.39 is 0 Å². The molecule has 0 aromatic carbocycles. The number of likely N-dealkylation sites (N-methyl/N-ethyl adjacent to an activating group) is 1. The number of nitrogens with zero attached hydrogens (tertiary/aromatic N) is 4. The third kappa shape index (κ3) is 2.86. The molecule has 1 atom stereocenters. The minimum atomic E-state index is 0.300. The Hall–Kier alpha value is -0.910. The summed E-state index contributed by atoms with van der Waals surface area (Å²) < 4.78 is 2.08. The van der Waals surface area contributed by atoms with E-state index in [2.05, 4.69) is 26.4 Å². The van der Waals surface area contributed by atoms with E-state index >= 15 is 0 Å². The van der Waals surface area contributed by atoms with Crippen LogP contribution in [0.25, 0.3) is 0 Å². The number of hydrogen-bond acceptors (Lipinski definition) is 4. The first-order valence-corrected chi connectivity index (χ1v) is 6.31. The molecule has 96 valence electrons. The van der Waals surface area contributed by atoms with Crippen LogP contribution in [-0.2, 0) is 7.05 Å². The monoisotopic (exact) mass is 237 g/mol. The van der Waals surface area contributed by atoms with Gasteiger partial charge in [0.15, 0.2) is 0 Å². The van der Waals surface area contributed by atoms with Gasteiger partial charge in [0.2, 0.25) is 0 Å². The zero-order chi connectivity index (χ0) is 12.3. The molecule has 1 aromatic rings. The topological polar surface area (TPSA) is 50.3 Å². The number of rotatable bonds is 3. The minimum absolute atomic E-state index is 0.300. The van der Waals surface area contributed by atoms with E-state index in [0.29, 0.717) is 12.6 Å². The number of aryl methyl sites for hydroxylation is 1. The molecule has 2 heterocycles. The highest BCUT2D eigenvalue weighted by Gasteiger charge is 2.23. The fourth-order valence-corrected chi connectivity index (χ4v) is 2.52. The second-order valence-electron chi connectivity index (χ2n) is 4.87. The lowest BCUT2D eigenvalue weighted by molar-refractivity contribution is 0.201. The largest absolute Gasteiger partial charge is 0.336 e. The van der Waals surface area contributed by atoms with Crippen molar-refractivity contribution in [1.82, 2.24) is 19.4 Å². The number of nitrogens with two attached hydrogens (primary N) is 1. The van der Waals surface area contributed by atoms with Crippen LogP contribution in [0.4, 0.5) is 0 Å². The normalized spacial score (nSPS) is 21.4. The highest BCUT2D eigenvalue weighted by atomic mass is 15.2. The van der Waals surface area contributed by atoms with E-state index in [0.717, 1.165) is 19.6 Å². The van der Waals surface area contributed by atoms with E-state index in [1.807, 2.05) is 19.6 Å². The summed E-state index contributed by atoms with van der Waals surface area (Å²) in [5.74, 6) is 0. The molecule has 0 aliphatic carbocycles. The molecular formula is C12H23N5. The fraction of sp³-hybridized carbons (Fsp3) is 0.750. The number of hydrogen-bond donors (Lipinski definition) is 1. The van der Waals surface area contributed by atoms with Gasteiger partial charge in [0.1, 0.15) is 0 Å². The van der Waals surface area contributed by atoms with Crippen molar-refractivity contribution in [3.05, 3.63) is 18.2 Å². The predicted octanol–water partition coefficient (Wildman–Crippen LogP) is 0.0574. The van der Waals surface area contributed by atoms with Gasteiger partial charge in [-0.25, -0.2) is 4.98 Å². The van der Waals surface area contributed by atoms with Crippen LogP contribution in [0, 0.1) is 0 Å². The third-order valence-electron chi connectivity index (χ3n) is 3.61. The first-order chi connectivity index (χ1) is 8.22. The Balaban J connectivity index is 2.10. The first-order valence-electron chi connectivity index (χ1n) is 6.31. The van der Waals surface area contributed by atoms with Gasteiger partial charge in [-0.2, -0.15) is 0 Å². The van der Waals surface area contributed by atoms with Crippen LogP contribution in [0.5, 0.6) is 0 Å². The average Bonchev–Trinajstić information content (AvgIpc) is 2.60. The maximum absolute atomic E-state index is 5.95. The van der Waals surface area contributed by atoms with E-state index in [1.165, 1.54) is 18.7 Å². The van der Waals surface area contributed by atoms with Gasteiger partial charge in [-0.1, -0.05) is 0 Å². The van der Waals surface area contributed by atoms with Crippen molar-refractivity contribution in [3.8, 4) is 0 Å². The smallest absolute Gasteiger partial charge is 0.0946 e. The Morgan fingerprint density at radius 3 is 2.76 bits per heavy atom. The van der Waals surface area contributed by atoms with E-state index in [9.17, 15) is 0 Å². The minimum Gasteiger partial charge on any atom is -0.336 e. The van der Waals surface area contributed by atoms with E-state index in [4.69, 9.17) is 5.73 Å². The first kappa shape index (κ1) is 12.5. The Kier molecular flexibility index (Phi) is 4.15. The molecule has 1 unspecified atom stereocenters. The van der Waals surface area contributed by atoms with Crippen LogP contribution >= 0.6 is 0 Å². The molecule has 0 bridgehead atoms. The number of imidazole rings is 1. The van der Waals surface area contributed by atoms with Crippen molar-refractivity contribution in [1.29, 1.82) is 0 Å². The Morgan fingerprint density at radius 1 is 1.29 bits per heavy atom. The summed E-state index contributed by atoms with van der Waals surface area (Å²) in [6, 6.07) is 0.300. The summed E-state index contributed by atoms with van der Waals surface area (Å²) in [5, 5.41) is 0. The molecule has 1 aliphatic rings. The van der Waals surface area contributed by atoms with E-state index in [1.54, 1.807) is 0 Å². The molecular weight excluding hydrogens is 214 g/mol. The lowest BCUT2D eigenvalue weighted by Gasteiger charge is -2.29. The van der Waals surface area contributed by atoms with Crippen LogP contribution in [0.15, 0.2) is 12.5 Å². The van der Waals surface area contributed by atoms with Gasteiger partial charge in [0.05, 0.1) is 18.1 Å². The van der Waals surface area contributed by atoms with Gasteiger partial charge < -0.3 is 15.2 Å². The lowest BCUT2D eigenvalue weighted by Crippen LogP contribution is -2.37. The van der Waals surface area contributed by atoms with Gasteiger partial charge in [0.25, 0.3) is 0 Å². The quantitative estimate of drug-likeness (QED) is 0.807. The highest BCUT2D eigenvalue weighted by Crippen LogP contribution is 2.20.